The fourth-order valence-electron chi connectivity index (χ4n) is 0.576. The summed E-state index contributed by atoms with van der Waals surface area (Å²) in [4.78, 5) is 10.8. The van der Waals surface area contributed by atoms with E-state index in [2.05, 4.69) is 5.32 Å². The first-order chi connectivity index (χ1) is 4.68. The maximum Gasteiger partial charge on any atom is 0.285 e. The number of hydrogen-bond acceptors (Lipinski definition) is 4. The van der Waals surface area contributed by atoms with Crippen LogP contribution in [0.5, 0.6) is 0 Å². The Morgan fingerprint density at radius 2 is 2.50 bits per heavy atom. The van der Waals surface area contributed by atoms with Crippen LogP contribution in [0.25, 0.3) is 0 Å². The average molecular weight is 176 g/mol. The van der Waals surface area contributed by atoms with Gasteiger partial charge in [-0.2, -0.15) is 0 Å². The molecule has 10 heavy (non-hydrogen) atoms. The molecule has 0 aliphatic carbocycles. The van der Waals surface area contributed by atoms with Gasteiger partial charge in [0.15, 0.2) is 5.17 Å². The van der Waals surface area contributed by atoms with Gasteiger partial charge >= 0.3 is 0 Å². The number of carbonyl (C=O) groups excluding carboxylic acids is 1. The Bertz CT molecular complexity index is 171. The SMILES string of the molecule is CC1CSC(=N)NC(=O)S1. The fraction of sp³-hybridized carbons (Fsp3) is 0.600. The smallest absolute Gasteiger partial charge is 0.285 e. The molecule has 56 valence electrons. The number of carbonyl (C=O) groups is 1. The predicted octanol–water partition coefficient (Wildman–Crippen LogP) is 1.50. The summed E-state index contributed by atoms with van der Waals surface area (Å²) in [7, 11) is 0. The van der Waals surface area contributed by atoms with E-state index in [9.17, 15) is 4.79 Å². The van der Waals surface area contributed by atoms with E-state index in [0.29, 0.717) is 5.25 Å². The van der Waals surface area contributed by atoms with E-state index in [0.717, 1.165) is 5.75 Å². The number of nitrogens with one attached hydrogen (secondary N) is 2. The molecule has 1 fully saturated rings. The molecule has 0 radical (unpaired) electrons. The van der Waals surface area contributed by atoms with Gasteiger partial charge < -0.3 is 0 Å². The van der Waals surface area contributed by atoms with Crippen LogP contribution in [0.15, 0.2) is 0 Å². The van der Waals surface area contributed by atoms with Gasteiger partial charge in [0.05, 0.1) is 0 Å². The Morgan fingerprint density at radius 3 is 3.20 bits per heavy atom. The minimum Gasteiger partial charge on any atom is -0.296 e. The molecule has 5 heteroatoms. The third kappa shape index (κ3) is 2.22. The van der Waals surface area contributed by atoms with Crippen LogP contribution >= 0.6 is 23.5 Å². The molecule has 1 amide bonds. The van der Waals surface area contributed by atoms with Crippen LogP contribution in [0.4, 0.5) is 4.79 Å². The van der Waals surface area contributed by atoms with Gasteiger partial charge in [0, 0.05) is 11.0 Å². The van der Waals surface area contributed by atoms with E-state index in [1.807, 2.05) is 6.92 Å². The van der Waals surface area contributed by atoms with Crippen molar-refractivity contribution >= 4 is 33.9 Å². The number of hydrogen-bond donors (Lipinski definition) is 2. The Kier molecular flexibility index (Phi) is 2.62. The van der Waals surface area contributed by atoms with Gasteiger partial charge in [-0.25, -0.2) is 0 Å². The van der Waals surface area contributed by atoms with Crippen molar-refractivity contribution < 1.29 is 4.79 Å². The highest BCUT2D eigenvalue weighted by molar-refractivity contribution is 8.18. The zero-order valence-corrected chi connectivity index (χ0v) is 7.14. The second kappa shape index (κ2) is 3.30. The molecule has 1 heterocycles. The first-order valence-electron chi connectivity index (χ1n) is 2.87. The Hall–Kier alpha value is -0.160. The third-order valence-electron chi connectivity index (χ3n) is 0.986. The number of amidine groups is 1. The van der Waals surface area contributed by atoms with Crippen molar-refractivity contribution in [3.8, 4) is 0 Å². The molecule has 1 aliphatic rings. The second-order valence-corrected chi connectivity index (χ2v) is 4.42. The maximum absolute atomic E-state index is 10.8. The maximum atomic E-state index is 10.8. The molecule has 0 aromatic carbocycles. The van der Waals surface area contributed by atoms with Crippen molar-refractivity contribution in [1.82, 2.24) is 5.32 Å². The summed E-state index contributed by atoms with van der Waals surface area (Å²) in [5, 5.41) is 10.1. The van der Waals surface area contributed by atoms with Crippen molar-refractivity contribution in [3.63, 3.8) is 0 Å². The van der Waals surface area contributed by atoms with Crippen molar-refractivity contribution in [1.29, 1.82) is 5.41 Å². The average Bonchev–Trinajstić information content (AvgIpc) is 1.93. The van der Waals surface area contributed by atoms with Crippen molar-refractivity contribution in [2.45, 2.75) is 12.2 Å². The molecule has 1 unspecified atom stereocenters. The first kappa shape index (κ1) is 7.94. The van der Waals surface area contributed by atoms with Gasteiger partial charge in [0.25, 0.3) is 5.24 Å². The van der Waals surface area contributed by atoms with Crippen LogP contribution in [0, 0.1) is 5.41 Å². The fourth-order valence-corrected chi connectivity index (χ4v) is 2.21. The van der Waals surface area contributed by atoms with Crippen molar-refractivity contribution in [3.05, 3.63) is 0 Å². The summed E-state index contributed by atoms with van der Waals surface area (Å²) < 4.78 is 0. The lowest BCUT2D eigenvalue weighted by molar-refractivity contribution is 0.264. The topological polar surface area (TPSA) is 53.0 Å². The normalized spacial score (nSPS) is 27.5. The molecule has 0 aromatic rings. The number of amides is 1. The minimum atomic E-state index is -0.109. The van der Waals surface area contributed by atoms with Gasteiger partial charge in [0.2, 0.25) is 0 Å². The summed E-state index contributed by atoms with van der Waals surface area (Å²) in [6, 6.07) is 0. The highest BCUT2D eigenvalue weighted by Crippen LogP contribution is 2.20. The number of thioether (sulfide) groups is 2. The Labute approximate surface area is 67.8 Å². The molecule has 0 bridgehead atoms. The van der Waals surface area contributed by atoms with Crippen molar-refractivity contribution in [2.24, 2.45) is 0 Å². The van der Waals surface area contributed by atoms with Gasteiger partial charge in [0.1, 0.15) is 0 Å². The predicted molar refractivity (Wildman–Crippen MR) is 45.8 cm³/mol. The molecule has 1 aliphatic heterocycles. The molecular weight excluding hydrogens is 168 g/mol. The van der Waals surface area contributed by atoms with Gasteiger partial charge in [-0.1, -0.05) is 30.4 Å². The molecule has 2 N–H and O–H groups in total. The van der Waals surface area contributed by atoms with Crippen LogP contribution in [-0.4, -0.2) is 21.4 Å². The summed E-state index contributed by atoms with van der Waals surface area (Å²) >= 11 is 2.64. The lowest BCUT2D eigenvalue weighted by Crippen LogP contribution is -2.21. The second-order valence-electron chi connectivity index (χ2n) is 1.98. The van der Waals surface area contributed by atoms with E-state index in [4.69, 9.17) is 5.41 Å². The molecular formula is C5H8N2OS2. The molecule has 3 nitrogen and oxygen atoms in total. The highest BCUT2D eigenvalue weighted by Gasteiger charge is 2.16. The quantitative estimate of drug-likeness (QED) is 0.588. The van der Waals surface area contributed by atoms with Crippen molar-refractivity contribution in [2.75, 3.05) is 5.75 Å². The lowest BCUT2D eigenvalue weighted by atomic mass is 10.6. The van der Waals surface area contributed by atoms with E-state index in [1.54, 1.807) is 0 Å². The highest BCUT2D eigenvalue weighted by atomic mass is 32.2. The van der Waals surface area contributed by atoms with Gasteiger partial charge in [-0.05, 0) is 0 Å². The standard InChI is InChI=1S/C5H8N2OS2/c1-3-2-9-4(6)7-5(8)10-3/h3H,2H2,1H3,(H2,6,7,8). The molecule has 0 saturated carbocycles. The van der Waals surface area contributed by atoms with Crippen LogP contribution in [0.2, 0.25) is 0 Å². The molecule has 0 aromatic heterocycles. The van der Waals surface area contributed by atoms with Gasteiger partial charge in [-0.15, -0.1) is 0 Å². The van der Waals surface area contributed by atoms with E-state index in [1.165, 1.54) is 23.5 Å². The minimum absolute atomic E-state index is 0.109. The molecule has 0 spiro atoms. The summed E-state index contributed by atoms with van der Waals surface area (Å²) in [6.07, 6.45) is 0. The summed E-state index contributed by atoms with van der Waals surface area (Å²) in [5.41, 5.74) is 0. The van der Waals surface area contributed by atoms with Crippen LogP contribution in [0.3, 0.4) is 0 Å². The molecule has 1 atom stereocenters. The zero-order chi connectivity index (χ0) is 7.56. The monoisotopic (exact) mass is 176 g/mol. The van der Waals surface area contributed by atoms with Gasteiger partial charge in [-0.3, -0.25) is 15.5 Å². The summed E-state index contributed by atoms with van der Waals surface area (Å²) in [5.74, 6) is 0.836. The Balaban J connectivity index is 2.54. The zero-order valence-electron chi connectivity index (χ0n) is 5.51. The Morgan fingerprint density at radius 1 is 1.80 bits per heavy atom. The van der Waals surface area contributed by atoms with Crippen LogP contribution in [0.1, 0.15) is 6.92 Å². The van der Waals surface area contributed by atoms with Crippen LogP contribution in [-0.2, 0) is 0 Å². The first-order valence-corrected chi connectivity index (χ1v) is 4.74. The molecule has 1 rings (SSSR count). The number of rotatable bonds is 0. The van der Waals surface area contributed by atoms with E-state index < -0.39 is 0 Å². The molecule has 1 saturated heterocycles. The largest absolute Gasteiger partial charge is 0.296 e. The van der Waals surface area contributed by atoms with E-state index >= 15 is 0 Å². The lowest BCUT2D eigenvalue weighted by Gasteiger charge is -1.99. The summed E-state index contributed by atoms with van der Waals surface area (Å²) in [6.45, 7) is 1.98. The van der Waals surface area contributed by atoms with E-state index in [-0.39, 0.29) is 10.4 Å². The van der Waals surface area contributed by atoms with Crippen LogP contribution < -0.4 is 5.32 Å². The third-order valence-corrected chi connectivity index (χ3v) is 3.14.